The molecule has 1 atom stereocenters. The quantitative estimate of drug-likeness (QED) is 0.560. The fourth-order valence-electron chi connectivity index (χ4n) is 1.80. The Morgan fingerprint density at radius 2 is 2.05 bits per heavy atom. The highest BCUT2D eigenvalue weighted by atomic mass is 16.4. The molecular weight excluding hydrogens is 268 g/mol. The number of urea groups is 1. The highest BCUT2D eigenvalue weighted by molar-refractivity contribution is 5.89. The summed E-state index contributed by atoms with van der Waals surface area (Å²) in [5.41, 5.74) is 4.92. The minimum atomic E-state index is -1.39. The Hall–Kier alpha value is -2.32. The van der Waals surface area contributed by atoms with Crippen molar-refractivity contribution >= 4 is 23.8 Å². The molecular formula is C11H18N4O5. The first-order chi connectivity index (χ1) is 9.31. The monoisotopic (exact) mass is 286 g/mol. The molecule has 0 aliphatic carbocycles. The Morgan fingerprint density at radius 1 is 1.40 bits per heavy atom. The van der Waals surface area contributed by atoms with Crippen LogP contribution in [-0.2, 0) is 14.4 Å². The van der Waals surface area contributed by atoms with Crippen LogP contribution in [-0.4, -0.2) is 71.4 Å². The maximum absolute atomic E-state index is 11.9. The Kier molecular flexibility index (Phi) is 5.30. The van der Waals surface area contributed by atoms with Crippen LogP contribution in [0.4, 0.5) is 4.79 Å². The largest absolute Gasteiger partial charge is 0.480 e. The molecule has 20 heavy (non-hydrogen) atoms. The number of likely N-dealkylation sites (N-methyl/N-ethyl adjacent to an activating group) is 1. The van der Waals surface area contributed by atoms with Crippen molar-refractivity contribution in [2.24, 2.45) is 5.73 Å². The van der Waals surface area contributed by atoms with Crippen molar-refractivity contribution in [3.05, 3.63) is 0 Å². The number of hydrogen-bond donors (Lipinski definition) is 3. The van der Waals surface area contributed by atoms with E-state index in [9.17, 15) is 19.2 Å². The van der Waals surface area contributed by atoms with Gasteiger partial charge in [-0.15, -0.1) is 0 Å². The Bertz CT molecular complexity index is 425. The lowest BCUT2D eigenvalue weighted by Gasteiger charge is -2.22. The number of nitrogens with zero attached hydrogens (tertiary/aromatic N) is 2. The van der Waals surface area contributed by atoms with E-state index in [1.807, 2.05) is 0 Å². The molecule has 1 aliphatic heterocycles. The third-order valence-corrected chi connectivity index (χ3v) is 2.96. The number of carboxylic acid groups (broad SMARTS) is 1. The fraction of sp³-hybridized carbons (Fsp3) is 0.636. The number of nitrogens with two attached hydrogens (primary N) is 1. The average Bonchev–Trinajstić information content (AvgIpc) is 2.50. The van der Waals surface area contributed by atoms with E-state index in [0.717, 1.165) is 0 Å². The van der Waals surface area contributed by atoms with Crippen LogP contribution >= 0.6 is 0 Å². The molecule has 1 saturated heterocycles. The molecule has 0 aromatic carbocycles. The zero-order valence-electron chi connectivity index (χ0n) is 11.2. The van der Waals surface area contributed by atoms with Crippen LogP contribution in [0.1, 0.15) is 12.8 Å². The van der Waals surface area contributed by atoms with Crippen molar-refractivity contribution < 1.29 is 24.3 Å². The predicted molar refractivity (Wildman–Crippen MR) is 67.6 cm³/mol. The first-order valence-corrected chi connectivity index (χ1v) is 6.11. The smallest absolute Gasteiger partial charge is 0.326 e. The molecule has 9 nitrogen and oxygen atoms in total. The van der Waals surface area contributed by atoms with Gasteiger partial charge in [-0.3, -0.25) is 9.59 Å². The lowest BCUT2D eigenvalue weighted by molar-refractivity contribution is -0.140. The van der Waals surface area contributed by atoms with Gasteiger partial charge < -0.3 is 26.0 Å². The lowest BCUT2D eigenvalue weighted by atomic mass is 10.2. The van der Waals surface area contributed by atoms with Crippen LogP contribution in [0.3, 0.4) is 0 Å². The van der Waals surface area contributed by atoms with Gasteiger partial charge in [-0.25, -0.2) is 9.59 Å². The number of primary amides is 1. The molecule has 0 aromatic rings. The van der Waals surface area contributed by atoms with E-state index in [1.165, 1.54) is 9.80 Å². The molecule has 0 radical (unpaired) electrons. The van der Waals surface area contributed by atoms with E-state index < -0.39 is 30.4 Å². The molecule has 0 spiro atoms. The standard InChI is InChI=1S/C11H18N4O5/c1-14-3-2-4-15(6-9(14)17)11(20)13-7(10(18)19)5-8(12)16/h7H,2-6H2,1H3,(H2,12,16)(H,13,20)(H,18,19)/t7-/m0/s1. The summed E-state index contributed by atoms with van der Waals surface area (Å²) in [5.74, 6) is -2.40. The predicted octanol–water partition coefficient (Wildman–Crippen LogP) is -1.81. The molecule has 112 valence electrons. The fourth-order valence-corrected chi connectivity index (χ4v) is 1.80. The molecule has 0 unspecified atom stereocenters. The summed E-state index contributed by atoms with van der Waals surface area (Å²) >= 11 is 0. The summed E-state index contributed by atoms with van der Waals surface area (Å²) in [6.45, 7) is 0.752. The van der Waals surface area contributed by atoms with Crippen molar-refractivity contribution in [3.63, 3.8) is 0 Å². The van der Waals surface area contributed by atoms with Gasteiger partial charge in [0.15, 0.2) is 0 Å². The Labute approximate surface area is 115 Å². The van der Waals surface area contributed by atoms with E-state index in [2.05, 4.69) is 5.32 Å². The van der Waals surface area contributed by atoms with Crippen molar-refractivity contribution in [3.8, 4) is 0 Å². The van der Waals surface area contributed by atoms with E-state index in [1.54, 1.807) is 7.05 Å². The normalized spacial score (nSPS) is 17.4. The van der Waals surface area contributed by atoms with Crippen molar-refractivity contribution in [2.75, 3.05) is 26.7 Å². The molecule has 0 bridgehead atoms. The third kappa shape index (κ3) is 4.41. The van der Waals surface area contributed by atoms with Gasteiger partial charge in [-0.2, -0.15) is 0 Å². The molecule has 9 heteroatoms. The van der Waals surface area contributed by atoms with Crippen LogP contribution < -0.4 is 11.1 Å². The number of nitrogens with one attached hydrogen (secondary N) is 1. The lowest BCUT2D eigenvalue weighted by Crippen LogP contribution is -2.50. The summed E-state index contributed by atoms with van der Waals surface area (Å²) in [7, 11) is 1.64. The average molecular weight is 286 g/mol. The number of carboxylic acids is 1. The number of carbonyl (C=O) groups excluding carboxylic acids is 3. The first-order valence-electron chi connectivity index (χ1n) is 6.11. The Morgan fingerprint density at radius 3 is 2.60 bits per heavy atom. The van der Waals surface area contributed by atoms with Crippen LogP contribution in [0.25, 0.3) is 0 Å². The van der Waals surface area contributed by atoms with Gasteiger partial charge in [0.25, 0.3) is 0 Å². The molecule has 1 rings (SSSR count). The number of amides is 4. The van der Waals surface area contributed by atoms with Gasteiger partial charge in [-0.1, -0.05) is 0 Å². The molecule has 4 amide bonds. The number of aliphatic carboxylic acids is 1. The SMILES string of the molecule is CN1CCCN(C(=O)N[C@@H](CC(N)=O)C(=O)O)CC1=O. The van der Waals surface area contributed by atoms with E-state index in [4.69, 9.17) is 10.8 Å². The summed E-state index contributed by atoms with van der Waals surface area (Å²) in [6, 6.07) is -2.08. The Balaban J connectivity index is 2.66. The van der Waals surface area contributed by atoms with Crippen LogP contribution in [0.15, 0.2) is 0 Å². The third-order valence-electron chi connectivity index (χ3n) is 2.96. The highest BCUT2D eigenvalue weighted by Crippen LogP contribution is 2.04. The zero-order chi connectivity index (χ0) is 15.3. The van der Waals surface area contributed by atoms with Crippen molar-refractivity contribution in [1.29, 1.82) is 0 Å². The maximum atomic E-state index is 11.9. The molecule has 4 N–H and O–H groups in total. The van der Waals surface area contributed by atoms with Gasteiger partial charge in [0, 0.05) is 20.1 Å². The van der Waals surface area contributed by atoms with Gasteiger partial charge >= 0.3 is 12.0 Å². The first kappa shape index (κ1) is 15.7. The molecule has 0 saturated carbocycles. The maximum Gasteiger partial charge on any atom is 0.326 e. The van der Waals surface area contributed by atoms with Gasteiger partial charge in [0.2, 0.25) is 11.8 Å². The molecule has 1 heterocycles. The summed E-state index contributed by atoms with van der Waals surface area (Å²) in [6.07, 6.45) is 0.103. The molecule has 1 aliphatic rings. The van der Waals surface area contributed by atoms with Crippen LogP contribution in [0, 0.1) is 0 Å². The molecule has 1 fully saturated rings. The minimum absolute atomic E-state index is 0.120. The second kappa shape index (κ2) is 6.73. The number of rotatable bonds is 4. The van der Waals surface area contributed by atoms with Crippen molar-refractivity contribution in [1.82, 2.24) is 15.1 Å². The highest BCUT2D eigenvalue weighted by Gasteiger charge is 2.27. The second-order valence-electron chi connectivity index (χ2n) is 4.60. The van der Waals surface area contributed by atoms with Gasteiger partial charge in [0.05, 0.1) is 6.42 Å². The van der Waals surface area contributed by atoms with Gasteiger partial charge in [-0.05, 0) is 6.42 Å². The summed E-state index contributed by atoms with van der Waals surface area (Å²) in [5, 5.41) is 11.1. The zero-order valence-corrected chi connectivity index (χ0v) is 11.2. The minimum Gasteiger partial charge on any atom is -0.480 e. The van der Waals surface area contributed by atoms with Crippen LogP contribution in [0.2, 0.25) is 0 Å². The number of hydrogen-bond acceptors (Lipinski definition) is 4. The van der Waals surface area contributed by atoms with Crippen LogP contribution in [0.5, 0.6) is 0 Å². The van der Waals surface area contributed by atoms with Gasteiger partial charge in [0.1, 0.15) is 12.6 Å². The van der Waals surface area contributed by atoms with E-state index >= 15 is 0 Å². The molecule has 0 aromatic heterocycles. The van der Waals surface area contributed by atoms with E-state index in [0.29, 0.717) is 19.5 Å². The van der Waals surface area contributed by atoms with E-state index in [-0.39, 0.29) is 12.5 Å². The van der Waals surface area contributed by atoms with Crippen molar-refractivity contribution in [2.45, 2.75) is 18.9 Å². The second-order valence-corrected chi connectivity index (χ2v) is 4.60. The summed E-state index contributed by atoms with van der Waals surface area (Å²) < 4.78 is 0. The number of carbonyl (C=O) groups is 4. The summed E-state index contributed by atoms with van der Waals surface area (Å²) in [4.78, 5) is 48.0. The topological polar surface area (TPSA) is 133 Å².